The molecule has 9 heteroatoms. The zero-order valence-corrected chi connectivity index (χ0v) is 11.6. The molecular weight excluding hydrogens is 289 g/mol. The zero-order chi connectivity index (χ0) is 15.3. The molecule has 0 saturated carbocycles. The van der Waals surface area contributed by atoms with Crippen LogP contribution in [0.1, 0.15) is 16.8 Å². The number of carboxylic acids is 1. The number of nitrogens with one attached hydrogen (secondary N) is 2. The molecule has 7 nitrogen and oxygen atoms in total. The summed E-state index contributed by atoms with van der Waals surface area (Å²) in [5.74, 6) is -2.13. The van der Waals surface area contributed by atoms with E-state index in [9.17, 15) is 17.6 Å². The summed E-state index contributed by atoms with van der Waals surface area (Å²) in [6, 6.07) is 2.35. The summed E-state index contributed by atoms with van der Waals surface area (Å²) < 4.78 is 37.1. The molecule has 0 spiro atoms. The molecule has 0 aliphatic heterocycles. The second-order valence-electron chi connectivity index (χ2n) is 4.14. The predicted molar refractivity (Wildman–Crippen MR) is 73.7 cm³/mol. The Morgan fingerprint density at radius 3 is 2.60 bits per heavy atom. The molecule has 0 aromatic heterocycles. The van der Waals surface area contributed by atoms with Gasteiger partial charge < -0.3 is 16.2 Å². The Morgan fingerprint density at radius 1 is 1.40 bits per heavy atom. The van der Waals surface area contributed by atoms with Crippen LogP contribution in [0.25, 0.3) is 0 Å². The largest absolute Gasteiger partial charge is 0.478 e. The normalized spacial score (nSPS) is 11.3. The van der Waals surface area contributed by atoms with Crippen LogP contribution in [0.5, 0.6) is 0 Å². The molecule has 0 bridgehead atoms. The fourth-order valence-electron chi connectivity index (χ4n) is 1.54. The molecule has 0 radical (unpaired) electrons. The van der Waals surface area contributed by atoms with E-state index >= 15 is 0 Å². The molecule has 0 fully saturated rings. The van der Waals surface area contributed by atoms with Crippen LogP contribution in [0.4, 0.5) is 15.8 Å². The first-order chi connectivity index (χ1) is 9.22. The number of anilines is 2. The van der Waals surface area contributed by atoms with E-state index in [-0.39, 0.29) is 17.8 Å². The van der Waals surface area contributed by atoms with Crippen molar-refractivity contribution in [2.45, 2.75) is 6.42 Å². The van der Waals surface area contributed by atoms with Gasteiger partial charge in [-0.2, -0.15) is 0 Å². The number of nitrogens with two attached hydrogens (primary N) is 1. The van der Waals surface area contributed by atoms with E-state index < -0.39 is 27.5 Å². The highest BCUT2D eigenvalue weighted by molar-refractivity contribution is 7.88. The number of sulfonamides is 1. The fraction of sp³-hybridized carbons (Fsp3) is 0.364. The van der Waals surface area contributed by atoms with Crippen molar-refractivity contribution in [2.75, 3.05) is 30.4 Å². The number of hydrogen-bond donors (Lipinski definition) is 4. The van der Waals surface area contributed by atoms with E-state index in [1.54, 1.807) is 0 Å². The van der Waals surface area contributed by atoms with Gasteiger partial charge in [0.2, 0.25) is 10.0 Å². The number of benzene rings is 1. The van der Waals surface area contributed by atoms with Crippen LogP contribution < -0.4 is 15.8 Å². The lowest BCUT2D eigenvalue weighted by molar-refractivity contribution is 0.0698. The Kier molecular flexibility index (Phi) is 5.28. The van der Waals surface area contributed by atoms with Gasteiger partial charge in [0.15, 0.2) is 0 Å². The summed E-state index contributed by atoms with van der Waals surface area (Å²) in [5.41, 5.74) is 4.81. The highest BCUT2D eigenvalue weighted by atomic mass is 32.2. The van der Waals surface area contributed by atoms with Gasteiger partial charge in [0, 0.05) is 13.1 Å². The first kappa shape index (κ1) is 16.2. The van der Waals surface area contributed by atoms with Gasteiger partial charge in [-0.05, 0) is 18.6 Å². The lowest BCUT2D eigenvalue weighted by Crippen LogP contribution is -2.24. The van der Waals surface area contributed by atoms with Gasteiger partial charge in [0.1, 0.15) is 11.4 Å². The molecule has 1 rings (SSSR count). The van der Waals surface area contributed by atoms with Crippen molar-refractivity contribution in [3.63, 3.8) is 0 Å². The molecule has 1 aromatic rings. The van der Waals surface area contributed by atoms with Gasteiger partial charge in [-0.3, -0.25) is 0 Å². The highest BCUT2D eigenvalue weighted by Gasteiger charge is 2.17. The van der Waals surface area contributed by atoms with Crippen molar-refractivity contribution in [3.8, 4) is 0 Å². The summed E-state index contributed by atoms with van der Waals surface area (Å²) in [6.07, 6.45) is 1.48. The molecule has 0 atom stereocenters. The maximum Gasteiger partial charge on any atom is 0.340 e. The van der Waals surface area contributed by atoms with E-state index in [2.05, 4.69) is 10.0 Å². The third-order valence-corrected chi connectivity index (χ3v) is 3.17. The number of hydrogen-bond acceptors (Lipinski definition) is 5. The summed E-state index contributed by atoms with van der Waals surface area (Å²) >= 11 is 0. The number of carbonyl (C=O) groups is 1. The van der Waals surface area contributed by atoms with Crippen LogP contribution >= 0.6 is 0 Å². The highest BCUT2D eigenvalue weighted by Crippen LogP contribution is 2.25. The number of carboxylic acid groups (broad SMARTS) is 1. The molecule has 0 aliphatic rings. The molecule has 0 amide bonds. The second-order valence-corrected chi connectivity index (χ2v) is 5.97. The third kappa shape index (κ3) is 4.67. The maximum atomic E-state index is 13.2. The van der Waals surface area contributed by atoms with Gasteiger partial charge in [-0.15, -0.1) is 0 Å². The Labute approximate surface area is 116 Å². The van der Waals surface area contributed by atoms with Crippen molar-refractivity contribution in [2.24, 2.45) is 0 Å². The minimum Gasteiger partial charge on any atom is -0.478 e. The first-order valence-corrected chi connectivity index (χ1v) is 7.61. The Morgan fingerprint density at radius 2 is 2.05 bits per heavy atom. The van der Waals surface area contributed by atoms with Crippen LogP contribution in [0.15, 0.2) is 12.1 Å². The average Bonchev–Trinajstić information content (AvgIpc) is 2.31. The number of halogens is 1. The molecule has 0 unspecified atom stereocenters. The smallest absolute Gasteiger partial charge is 0.340 e. The minimum absolute atomic E-state index is 0.191. The van der Waals surface area contributed by atoms with E-state index in [4.69, 9.17) is 10.8 Å². The summed E-state index contributed by atoms with van der Waals surface area (Å²) in [6.45, 7) is 0.527. The van der Waals surface area contributed by atoms with Crippen LogP contribution in [0.2, 0.25) is 0 Å². The maximum absolute atomic E-state index is 13.2. The number of nitrogen functional groups attached to an aromatic ring is 1. The van der Waals surface area contributed by atoms with Crippen molar-refractivity contribution in [1.29, 1.82) is 0 Å². The molecule has 20 heavy (non-hydrogen) atoms. The van der Waals surface area contributed by atoms with Crippen molar-refractivity contribution < 1.29 is 22.7 Å². The monoisotopic (exact) mass is 305 g/mol. The predicted octanol–water partition coefficient (Wildman–Crippen LogP) is 0.457. The Balaban J connectivity index is 2.65. The van der Waals surface area contributed by atoms with E-state index in [0.29, 0.717) is 13.0 Å². The molecule has 5 N–H and O–H groups in total. The zero-order valence-electron chi connectivity index (χ0n) is 10.8. The second kappa shape index (κ2) is 6.53. The fourth-order valence-corrected chi connectivity index (χ4v) is 2.06. The molecule has 0 aliphatic carbocycles. The molecule has 0 saturated heterocycles. The number of aromatic carboxylic acids is 1. The van der Waals surface area contributed by atoms with Crippen LogP contribution in [-0.2, 0) is 10.0 Å². The summed E-state index contributed by atoms with van der Waals surface area (Å²) in [5, 5.41) is 11.8. The van der Waals surface area contributed by atoms with E-state index in [0.717, 1.165) is 12.3 Å². The molecule has 0 heterocycles. The lowest BCUT2D eigenvalue weighted by atomic mass is 10.1. The van der Waals surface area contributed by atoms with Gasteiger partial charge in [-0.1, -0.05) is 0 Å². The SMILES string of the molecule is CS(=O)(=O)NCCCNc1ccc(F)c(N)c1C(=O)O. The van der Waals surface area contributed by atoms with Crippen molar-refractivity contribution in [3.05, 3.63) is 23.5 Å². The van der Waals surface area contributed by atoms with E-state index in [1.165, 1.54) is 6.07 Å². The summed E-state index contributed by atoms with van der Waals surface area (Å²) in [7, 11) is -3.24. The topological polar surface area (TPSA) is 122 Å². The van der Waals surface area contributed by atoms with Crippen LogP contribution in [0, 0.1) is 5.82 Å². The first-order valence-electron chi connectivity index (χ1n) is 5.72. The third-order valence-electron chi connectivity index (χ3n) is 2.44. The molecule has 112 valence electrons. The Bertz CT molecular complexity index is 604. The van der Waals surface area contributed by atoms with Crippen LogP contribution in [0.3, 0.4) is 0 Å². The summed E-state index contributed by atoms with van der Waals surface area (Å²) in [4.78, 5) is 11.0. The number of rotatable bonds is 7. The lowest BCUT2D eigenvalue weighted by Gasteiger charge is -2.12. The average molecular weight is 305 g/mol. The van der Waals surface area contributed by atoms with Gasteiger partial charge >= 0.3 is 5.97 Å². The Hall–Kier alpha value is -1.87. The molecule has 1 aromatic carbocycles. The van der Waals surface area contributed by atoms with Crippen LogP contribution in [-0.4, -0.2) is 38.8 Å². The standard InChI is InChI=1S/C11H16FN3O4S/c1-20(18,19)15-6-2-5-14-8-4-3-7(12)10(13)9(8)11(16)17/h3-4,14-15H,2,5-6,13H2,1H3,(H,16,17). The van der Waals surface area contributed by atoms with Crippen molar-refractivity contribution in [1.82, 2.24) is 4.72 Å². The molecular formula is C11H16FN3O4S. The quantitative estimate of drug-likeness (QED) is 0.429. The van der Waals surface area contributed by atoms with Gasteiger partial charge in [0.05, 0.1) is 17.6 Å². The van der Waals surface area contributed by atoms with Gasteiger partial charge in [-0.25, -0.2) is 22.3 Å². The minimum atomic E-state index is -3.24. The van der Waals surface area contributed by atoms with E-state index in [1.807, 2.05) is 0 Å². The van der Waals surface area contributed by atoms with Crippen molar-refractivity contribution >= 4 is 27.4 Å². The van der Waals surface area contributed by atoms with Gasteiger partial charge in [0.25, 0.3) is 0 Å².